The maximum Gasteiger partial charge on any atom is 0.417 e. The van der Waals surface area contributed by atoms with Crippen LogP contribution in [0.5, 0.6) is 23.3 Å². The van der Waals surface area contributed by atoms with Gasteiger partial charge in [0.05, 0.1) is 38.0 Å². The minimum Gasteiger partial charge on any atom is -0.439 e. The maximum absolute atomic E-state index is 12.7. The van der Waals surface area contributed by atoms with E-state index in [1.54, 1.807) is 6.92 Å². The second-order valence-electron chi connectivity index (χ2n) is 8.43. The Morgan fingerprint density at radius 3 is 1.57 bits per heavy atom. The van der Waals surface area contributed by atoms with E-state index >= 15 is 0 Å². The van der Waals surface area contributed by atoms with Crippen LogP contribution in [0.3, 0.4) is 0 Å². The number of nitrogens with two attached hydrogens (primary N) is 1. The highest BCUT2D eigenvalue weighted by atomic mass is 35.5. The lowest BCUT2D eigenvalue weighted by Gasteiger charge is -2.11. The van der Waals surface area contributed by atoms with Crippen molar-refractivity contribution >= 4 is 34.6 Å². The molecule has 16 heteroatoms. The molecule has 2 aromatic carbocycles. The zero-order valence-corrected chi connectivity index (χ0v) is 22.9. The Labute approximate surface area is 243 Å². The molecule has 0 aliphatic heterocycles. The maximum atomic E-state index is 12.7. The number of nitrogens with zero attached hydrogens (tertiary/aromatic N) is 3. The highest BCUT2D eigenvalue weighted by Gasteiger charge is 2.34. The van der Waals surface area contributed by atoms with Crippen LogP contribution in [0.1, 0.15) is 22.3 Å². The number of halogens is 8. The van der Waals surface area contributed by atoms with Crippen molar-refractivity contribution in [3.05, 3.63) is 103 Å². The summed E-state index contributed by atoms with van der Waals surface area (Å²) in [5.41, 5.74) is 4.87. The van der Waals surface area contributed by atoms with Crippen molar-refractivity contribution in [3.8, 4) is 23.3 Å². The van der Waals surface area contributed by atoms with Crippen LogP contribution in [0.4, 0.5) is 37.7 Å². The van der Waals surface area contributed by atoms with Gasteiger partial charge in [0.2, 0.25) is 11.8 Å². The van der Waals surface area contributed by atoms with Gasteiger partial charge in [0, 0.05) is 17.7 Å². The third kappa shape index (κ3) is 8.36. The largest absolute Gasteiger partial charge is 0.439 e. The molecule has 8 nitrogen and oxygen atoms in total. The second kappa shape index (κ2) is 12.7. The summed E-state index contributed by atoms with van der Waals surface area (Å²) in [5.74, 6) is -0.0263. The SMILES string of the molecule is Cc1cc(Oc2ccc(Cl)c(C(F)(F)F)c2)ncc1N.Cc1cc(Oc2ccc(Cl)c(C(F)(F)F)c2)ncc1[N+](=O)[O-]. The monoisotopic (exact) mass is 634 g/mol. The quantitative estimate of drug-likeness (QED) is 0.132. The minimum atomic E-state index is -4.62. The fourth-order valence-electron chi connectivity index (χ4n) is 3.18. The Balaban J connectivity index is 0.000000231. The summed E-state index contributed by atoms with van der Waals surface area (Å²) >= 11 is 11.0. The first-order chi connectivity index (χ1) is 19.5. The van der Waals surface area contributed by atoms with E-state index in [0.717, 1.165) is 36.0 Å². The number of pyridine rings is 2. The molecule has 0 bridgehead atoms. The van der Waals surface area contributed by atoms with Gasteiger partial charge < -0.3 is 15.2 Å². The molecule has 0 aliphatic rings. The second-order valence-corrected chi connectivity index (χ2v) is 9.24. The number of alkyl halides is 6. The summed E-state index contributed by atoms with van der Waals surface area (Å²) in [6, 6.07) is 9.14. The average Bonchev–Trinajstić information content (AvgIpc) is 2.87. The van der Waals surface area contributed by atoms with Gasteiger partial charge in [0.25, 0.3) is 5.69 Å². The zero-order chi connectivity index (χ0) is 31.4. The molecule has 0 radical (unpaired) electrons. The van der Waals surface area contributed by atoms with Crippen molar-refractivity contribution in [1.29, 1.82) is 0 Å². The smallest absolute Gasteiger partial charge is 0.417 e. The fourth-order valence-corrected chi connectivity index (χ4v) is 3.63. The van der Waals surface area contributed by atoms with E-state index in [2.05, 4.69) is 9.97 Å². The van der Waals surface area contributed by atoms with Gasteiger partial charge in [0.1, 0.15) is 17.7 Å². The van der Waals surface area contributed by atoms with Crippen LogP contribution in [0, 0.1) is 24.0 Å². The Morgan fingerprint density at radius 2 is 1.19 bits per heavy atom. The molecule has 42 heavy (non-hydrogen) atoms. The van der Waals surface area contributed by atoms with Crippen LogP contribution >= 0.6 is 23.2 Å². The van der Waals surface area contributed by atoms with E-state index in [4.69, 9.17) is 38.4 Å². The van der Waals surface area contributed by atoms with Gasteiger partial charge >= 0.3 is 12.4 Å². The molecule has 2 aromatic heterocycles. The van der Waals surface area contributed by atoms with Gasteiger partial charge in [-0.1, -0.05) is 23.2 Å². The highest BCUT2D eigenvalue weighted by molar-refractivity contribution is 6.31. The molecule has 0 saturated carbocycles. The van der Waals surface area contributed by atoms with Crippen LogP contribution in [-0.4, -0.2) is 14.9 Å². The zero-order valence-electron chi connectivity index (χ0n) is 21.3. The molecule has 4 rings (SSSR count). The number of aryl methyl sites for hydroxylation is 2. The third-order valence-corrected chi connectivity index (χ3v) is 5.97. The predicted molar refractivity (Wildman–Crippen MR) is 142 cm³/mol. The van der Waals surface area contributed by atoms with Crippen molar-refractivity contribution < 1.29 is 40.7 Å². The number of nitro groups is 1. The molecule has 0 unspecified atom stereocenters. The van der Waals surface area contributed by atoms with Crippen LogP contribution < -0.4 is 15.2 Å². The predicted octanol–water partition coefficient (Wildman–Crippen LogP) is 9.20. The number of hydrogen-bond acceptors (Lipinski definition) is 7. The van der Waals surface area contributed by atoms with Crippen LogP contribution in [0.15, 0.2) is 60.9 Å². The van der Waals surface area contributed by atoms with Crippen molar-refractivity contribution in [2.75, 3.05) is 5.73 Å². The fraction of sp³-hybridized carbons (Fsp3) is 0.154. The molecule has 0 atom stereocenters. The molecule has 0 aliphatic carbocycles. The van der Waals surface area contributed by atoms with Gasteiger partial charge in [-0.25, -0.2) is 9.97 Å². The topological polar surface area (TPSA) is 113 Å². The molecule has 0 spiro atoms. The lowest BCUT2D eigenvalue weighted by molar-refractivity contribution is -0.385. The summed E-state index contributed by atoms with van der Waals surface area (Å²) in [5, 5.41) is 9.83. The molecule has 2 N–H and O–H groups in total. The van der Waals surface area contributed by atoms with E-state index in [9.17, 15) is 36.5 Å². The van der Waals surface area contributed by atoms with Crippen molar-refractivity contribution in [3.63, 3.8) is 0 Å². The number of benzene rings is 2. The normalized spacial score (nSPS) is 11.4. The van der Waals surface area contributed by atoms with Gasteiger partial charge in [-0.3, -0.25) is 10.1 Å². The molecule has 4 aromatic rings. The lowest BCUT2D eigenvalue weighted by Crippen LogP contribution is -2.06. The van der Waals surface area contributed by atoms with Gasteiger partial charge in [0.15, 0.2) is 0 Å². The summed E-state index contributed by atoms with van der Waals surface area (Å²) in [7, 11) is 0. The molecular formula is C26H18Cl2F6N4O4. The van der Waals surface area contributed by atoms with Crippen LogP contribution in [-0.2, 0) is 12.4 Å². The van der Waals surface area contributed by atoms with E-state index < -0.39 is 33.4 Å². The Bertz CT molecular complexity index is 1620. The molecule has 0 fully saturated rings. The summed E-state index contributed by atoms with van der Waals surface area (Å²) in [6.45, 7) is 3.21. The van der Waals surface area contributed by atoms with Gasteiger partial charge in [-0.15, -0.1) is 0 Å². The number of aromatic nitrogens is 2. The van der Waals surface area contributed by atoms with Crippen molar-refractivity contribution in [2.24, 2.45) is 0 Å². The van der Waals surface area contributed by atoms with E-state index in [-0.39, 0.29) is 39.5 Å². The Morgan fingerprint density at radius 1 is 0.762 bits per heavy atom. The van der Waals surface area contributed by atoms with Crippen LogP contribution in [0.2, 0.25) is 10.0 Å². The number of anilines is 1. The average molecular weight is 635 g/mol. The molecular weight excluding hydrogens is 617 g/mol. The van der Waals surface area contributed by atoms with Crippen molar-refractivity contribution in [1.82, 2.24) is 9.97 Å². The molecule has 2 heterocycles. The van der Waals surface area contributed by atoms with Gasteiger partial charge in [-0.05, 0) is 55.8 Å². The Kier molecular flexibility index (Phi) is 9.74. The summed E-state index contributed by atoms with van der Waals surface area (Å²) in [6.07, 6.45) is -6.80. The van der Waals surface area contributed by atoms with Gasteiger partial charge in [-0.2, -0.15) is 26.3 Å². The van der Waals surface area contributed by atoms with Crippen LogP contribution in [0.25, 0.3) is 0 Å². The van der Waals surface area contributed by atoms with E-state index in [0.29, 0.717) is 5.69 Å². The number of nitrogen functional groups attached to an aromatic ring is 1. The Hall–Kier alpha value is -4.30. The lowest BCUT2D eigenvalue weighted by atomic mass is 10.2. The minimum absolute atomic E-state index is 0.00148. The molecule has 0 amide bonds. The first-order valence-corrected chi connectivity index (χ1v) is 12.1. The third-order valence-electron chi connectivity index (χ3n) is 5.31. The van der Waals surface area contributed by atoms with E-state index in [1.165, 1.54) is 37.4 Å². The molecule has 0 saturated heterocycles. The number of ether oxygens (including phenoxy) is 2. The summed E-state index contributed by atoms with van der Waals surface area (Å²) < 4.78 is 86.8. The standard InChI is InChI=1S/C13H8ClF3N2O3.C13H10ClF3N2O/c1-7-4-12(18-6-11(7)19(20)21)22-8-2-3-10(14)9(5-8)13(15,16)17;1-7-4-12(19-6-11(7)18)20-8-2-3-10(14)9(5-8)13(15,16)17/h2-6H,1H3;2-6H,18H2,1H3. The van der Waals surface area contributed by atoms with Crippen molar-refractivity contribution in [2.45, 2.75) is 26.2 Å². The highest BCUT2D eigenvalue weighted by Crippen LogP contribution is 2.39. The number of rotatable bonds is 5. The molecule has 222 valence electrons. The number of hydrogen-bond donors (Lipinski definition) is 1. The summed E-state index contributed by atoms with van der Waals surface area (Å²) in [4.78, 5) is 17.6. The van der Waals surface area contributed by atoms with E-state index in [1.807, 2.05) is 0 Å². The first kappa shape index (κ1) is 32.2. The first-order valence-electron chi connectivity index (χ1n) is 11.4.